The molecule has 0 aliphatic rings. The lowest BCUT2D eigenvalue weighted by Gasteiger charge is -2.19. The molecule has 1 aromatic carbocycles. The summed E-state index contributed by atoms with van der Waals surface area (Å²) in [6.07, 6.45) is 2.46. The minimum Gasteiger partial charge on any atom is -0.322 e. The third-order valence-electron chi connectivity index (χ3n) is 3.41. The third kappa shape index (κ3) is 3.59. The second-order valence-electron chi connectivity index (χ2n) is 6.13. The molecular formula is C17H21ClN2. The Hall–Kier alpha value is -1.38. The monoisotopic (exact) mass is 288 g/mol. The topological polar surface area (TPSA) is 38.9 Å². The van der Waals surface area contributed by atoms with Gasteiger partial charge in [0, 0.05) is 6.20 Å². The first-order chi connectivity index (χ1) is 9.38. The second-order valence-corrected chi connectivity index (χ2v) is 6.54. The molecule has 1 aromatic heterocycles. The molecule has 1 unspecified atom stereocenters. The molecule has 2 N–H and O–H groups in total. The summed E-state index contributed by atoms with van der Waals surface area (Å²) in [5.74, 6) is 0. The van der Waals surface area contributed by atoms with E-state index in [4.69, 9.17) is 17.3 Å². The SMILES string of the molecule is CC(C)(C)c1ccc(CC(N)c2ncccc2Cl)cc1. The quantitative estimate of drug-likeness (QED) is 0.916. The molecule has 0 saturated carbocycles. The molecule has 1 heterocycles. The van der Waals surface area contributed by atoms with Crippen LogP contribution in [0.2, 0.25) is 5.02 Å². The van der Waals surface area contributed by atoms with Gasteiger partial charge in [0.25, 0.3) is 0 Å². The van der Waals surface area contributed by atoms with Crippen LogP contribution in [0, 0.1) is 0 Å². The zero-order chi connectivity index (χ0) is 14.8. The highest BCUT2D eigenvalue weighted by atomic mass is 35.5. The van der Waals surface area contributed by atoms with Crippen molar-refractivity contribution in [3.05, 3.63) is 64.4 Å². The van der Waals surface area contributed by atoms with Gasteiger partial charge in [-0.05, 0) is 35.1 Å². The van der Waals surface area contributed by atoms with Crippen molar-refractivity contribution in [2.45, 2.75) is 38.6 Å². The minimum absolute atomic E-state index is 0.172. The van der Waals surface area contributed by atoms with Gasteiger partial charge in [0.1, 0.15) is 0 Å². The molecule has 0 radical (unpaired) electrons. The fourth-order valence-electron chi connectivity index (χ4n) is 2.16. The van der Waals surface area contributed by atoms with Crippen LogP contribution in [0.15, 0.2) is 42.6 Å². The largest absolute Gasteiger partial charge is 0.322 e. The fourth-order valence-corrected chi connectivity index (χ4v) is 2.42. The number of pyridine rings is 1. The van der Waals surface area contributed by atoms with Gasteiger partial charge in [-0.25, -0.2) is 0 Å². The van der Waals surface area contributed by atoms with Crippen LogP contribution in [0.3, 0.4) is 0 Å². The summed E-state index contributed by atoms with van der Waals surface area (Å²) in [5, 5.41) is 0.631. The van der Waals surface area contributed by atoms with Gasteiger partial charge in [0.05, 0.1) is 16.8 Å². The van der Waals surface area contributed by atoms with Crippen LogP contribution in [-0.4, -0.2) is 4.98 Å². The van der Waals surface area contributed by atoms with Crippen LogP contribution >= 0.6 is 11.6 Å². The van der Waals surface area contributed by atoms with Gasteiger partial charge in [-0.2, -0.15) is 0 Å². The van der Waals surface area contributed by atoms with Gasteiger partial charge in [0.15, 0.2) is 0 Å². The number of halogens is 1. The molecule has 0 amide bonds. The lowest BCUT2D eigenvalue weighted by Crippen LogP contribution is -2.16. The summed E-state index contributed by atoms with van der Waals surface area (Å²) in [6, 6.07) is 12.1. The molecule has 0 aliphatic carbocycles. The van der Waals surface area contributed by atoms with Gasteiger partial charge in [0.2, 0.25) is 0 Å². The van der Waals surface area contributed by atoms with E-state index in [1.54, 1.807) is 6.20 Å². The average Bonchev–Trinajstić information content (AvgIpc) is 2.38. The summed E-state index contributed by atoms with van der Waals surface area (Å²) in [5.41, 5.74) is 9.66. The zero-order valence-corrected chi connectivity index (χ0v) is 13.0. The van der Waals surface area contributed by atoms with E-state index in [1.165, 1.54) is 11.1 Å². The first-order valence-corrected chi connectivity index (χ1v) is 7.21. The third-order valence-corrected chi connectivity index (χ3v) is 3.73. The Morgan fingerprint density at radius 2 is 1.80 bits per heavy atom. The molecule has 20 heavy (non-hydrogen) atoms. The van der Waals surface area contributed by atoms with Gasteiger partial charge in [-0.15, -0.1) is 0 Å². The van der Waals surface area contributed by atoms with Crippen LogP contribution in [0.4, 0.5) is 0 Å². The van der Waals surface area contributed by atoms with E-state index in [2.05, 4.69) is 50.0 Å². The molecule has 0 bridgehead atoms. The summed E-state index contributed by atoms with van der Waals surface area (Å²) < 4.78 is 0. The number of benzene rings is 1. The van der Waals surface area contributed by atoms with Crippen molar-refractivity contribution in [3.8, 4) is 0 Å². The van der Waals surface area contributed by atoms with E-state index in [1.807, 2.05) is 12.1 Å². The Kier molecular flexibility index (Phi) is 4.46. The van der Waals surface area contributed by atoms with Gasteiger partial charge >= 0.3 is 0 Å². The molecule has 2 nitrogen and oxygen atoms in total. The number of nitrogens with zero attached hydrogens (tertiary/aromatic N) is 1. The van der Waals surface area contributed by atoms with E-state index in [0.717, 1.165) is 12.1 Å². The van der Waals surface area contributed by atoms with Gasteiger partial charge in [-0.3, -0.25) is 4.98 Å². The van der Waals surface area contributed by atoms with Crippen LogP contribution in [0.5, 0.6) is 0 Å². The second kappa shape index (κ2) is 5.94. The van der Waals surface area contributed by atoms with Crippen molar-refractivity contribution < 1.29 is 0 Å². The highest BCUT2D eigenvalue weighted by Gasteiger charge is 2.15. The van der Waals surface area contributed by atoms with E-state index in [-0.39, 0.29) is 11.5 Å². The standard InChI is InChI=1S/C17H21ClN2/c1-17(2,3)13-8-6-12(7-9-13)11-15(19)16-14(18)5-4-10-20-16/h4-10,15H,11,19H2,1-3H3. The van der Waals surface area contributed by atoms with Crippen molar-refractivity contribution >= 4 is 11.6 Å². The average molecular weight is 289 g/mol. The Morgan fingerprint density at radius 3 is 2.35 bits per heavy atom. The summed E-state index contributed by atoms with van der Waals surface area (Å²) in [7, 11) is 0. The van der Waals surface area contributed by atoms with Crippen LogP contribution in [0.25, 0.3) is 0 Å². The molecule has 0 fully saturated rings. The molecule has 2 rings (SSSR count). The van der Waals surface area contributed by atoms with E-state index in [0.29, 0.717) is 5.02 Å². The van der Waals surface area contributed by atoms with E-state index >= 15 is 0 Å². The molecule has 0 aliphatic heterocycles. The smallest absolute Gasteiger partial charge is 0.0760 e. The number of rotatable bonds is 3. The fraction of sp³-hybridized carbons (Fsp3) is 0.353. The van der Waals surface area contributed by atoms with Crippen molar-refractivity contribution in [2.75, 3.05) is 0 Å². The minimum atomic E-state index is -0.177. The number of hydrogen-bond donors (Lipinski definition) is 1. The molecule has 0 saturated heterocycles. The summed E-state index contributed by atoms with van der Waals surface area (Å²) in [6.45, 7) is 6.63. The zero-order valence-electron chi connectivity index (χ0n) is 12.2. The van der Waals surface area contributed by atoms with Crippen LogP contribution < -0.4 is 5.73 Å². The first kappa shape index (κ1) is 15.0. The first-order valence-electron chi connectivity index (χ1n) is 6.83. The Balaban J connectivity index is 2.13. The molecule has 106 valence electrons. The summed E-state index contributed by atoms with van der Waals surface area (Å²) >= 11 is 6.13. The van der Waals surface area contributed by atoms with Crippen LogP contribution in [-0.2, 0) is 11.8 Å². The van der Waals surface area contributed by atoms with Crippen molar-refractivity contribution in [3.63, 3.8) is 0 Å². The normalized spacial score (nSPS) is 13.2. The van der Waals surface area contributed by atoms with Gasteiger partial charge in [-0.1, -0.05) is 56.6 Å². The lowest BCUT2D eigenvalue weighted by molar-refractivity contribution is 0.589. The highest BCUT2D eigenvalue weighted by Crippen LogP contribution is 2.25. The molecule has 0 spiro atoms. The molecular weight excluding hydrogens is 268 g/mol. The maximum Gasteiger partial charge on any atom is 0.0760 e. The van der Waals surface area contributed by atoms with Gasteiger partial charge < -0.3 is 5.73 Å². The van der Waals surface area contributed by atoms with E-state index < -0.39 is 0 Å². The maximum absolute atomic E-state index is 6.20. The highest BCUT2D eigenvalue weighted by molar-refractivity contribution is 6.31. The summed E-state index contributed by atoms with van der Waals surface area (Å²) in [4.78, 5) is 4.27. The Labute approximate surface area is 126 Å². The molecule has 2 aromatic rings. The predicted octanol–water partition coefficient (Wildman–Crippen LogP) is 4.28. The van der Waals surface area contributed by atoms with E-state index in [9.17, 15) is 0 Å². The maximum atomic E-state index is 6.20. The molecule has 3 heteroatoms. The number of aromatic nitrogens is 1. The number of hydrogen-bond acceptors (Lipinski definition) is 2. The molecule has 1 atom stereocenters. The Morgan fingerprint density at radius 1 is 1.15 bits per heavy atom. The Bertz CT molecular complexity index is 570. The van der Waals surface area contributed by atoms with Crippen LogP contribution in [0.1, 0.15) is 43.6 Å². The number of nitrogens with two attached hydrogens (primary N) is 1. The predicted molar refractivity (Wildman–Crippen MR) is 85.0 cm³/mol. The van der Waals surface area contributed by atoms with Crippen molar-refractivity contribution in [1.29, 1.82) is 0 Å². The van der Waals surface area contributed by atoms with Crippen molar-refractivity contribution in [1.82, 2.24) is 4.98 Å². The lowest BCUT2D eigenvalue weighted by atomic mass is 9.86. The van der Waals surface area contributed by atoms with Crippen molar-refractivity contribution in [2.24, 2.45) is 5.73 Å².